The fourth-order valence-corrected chi connectivity index (χ4v) is 7.74. The Kier molecular flexibility index (Phi) is 45.8. The largest absolute Gasteiger partial charge is 0.462 e. The molecule has 1 unspecified atom stereocenters. The fourth-order valence-electron chi connectivity index (χ4n) is 7.74. The highest BCUT2D eigenvalue weighted by Gasteiger charge is 2.19. The monoisotopic (exact) mass is 807 g/mol. The van der Waals surface area contributed by atoms with Gasteiger partial charge in [-0.3, -0.25) is 14.4 Å². The van der Waals surface area contributed by atoms with Gasteiger partial charge in [0, 0.05) is 19.3 Å². The lowest BCUT2D eigenvalue weighted by atomic mass is 10.0. The van der Waals surface area contributed by atoms with Crippen molar-refractivity contribution >= 4 is 17.9 Å². The molecule has 0 N–H and O–H groups in total. The molecule has 0 heterocycles. The normalized spacial score (nSPS) is 11.8. The van der Waals surface area contributed by atoms with Crippen molar-refractivity contribution in [1.82, 2.24) is 0 Å². The molecule has 57 heavy (non-hydrogen) atoms. The van der Waals surface area contributed by atoms with Crippen LogP contribution in [0.1, 0.15) is 290 Å². The maximum Gasteiger partial charge on any atom is 0.306 e. The Hall–Kier alpha value is -1.59. The zero-order valence-electron chi connectivity index (χ0n) is 38.6. The third-order valence-electron chi connectivity index (χ3n) is 11.6. The van der Waals surface area contributed by atoms with Gasteiger partial charge >= 0.3 is 17.9 Å². The summed E-state index contributed by atoms with van der Waals surface area (Å²) in [4.78, 5) is 37.8. The molecule has 6 nitrogen and oxygen atoms in total. The summed E-state index contributed by atoms with van der Waals surface area (Å²) in [5.74, 6) is -0.847. The maximum atomic E-state index is 12.7. The van der Waals surface area contributed by atoms with Crippen LogP contribution in [-0.2, 0) is 28.6 Å². The van der Waals surface area contributed by atoms with Crippen molar-refractivity contribution in [1.29, 1.82) is 0 Å². The Morgan fingerprint density at radius 1 is 0.281 bits per heavy atom. The van der Waals surface area contributed by atoms with Crippen LogP contribution in [0.25, 0.3) is 0 Å². The maximum absolute atomic E-state index is 12.7. The van der Waals surface area contributed by atoms with E-state index in [-0.39, 0.29) is 31.1 Å². The summed E-state index contributed by atoms with van der Waals surface area (Å²) in [7, 11) is 0. The average molecular weight is 807 g/mol. The molecule has 0 radical (unpaired) electrons. The van der Waals surface area contributed by atoms with Gasteiger partial charge in [0.25, 0.3) is 0 Å². The molecule has 0 aromatic rings. The number of ether oxygens (including phenoxy) is 3. The van der Waals surface area contributed by atoms with E-state index >= 15 is 0 Å². The molecule has 0 aliphatic carbocycles. The van der Waals surface area contributed by atoms with Crippen LogP contribution >= 0.6 is 0 Å². The van der Waals surface area contributed by atoms with E-state index in [9.17, 15) is 14.4 Å². The van der Waals surface area contributed by atoms with Crippen LogP contribution in [0.4, 0.5) is 0 Å². The quantitative estimate of drug-likeness (QED) is 0.0346. The van der Waals surface area contributed by atoms with Gasteiger partial charge in [0.2, 0.25) is 0 Å². The average Bonchev–Trinajstić information content (AvgIpc) is 3.21. The highest BCUT2D eigenvalue weighted by Crippen LogP contribution is 2.17. The van der Waals surface area contributed by atoms with Crippen molar-refractivity contribution in [3.8, 4) is 0 Å². The Bertz CT molecular complexity index is 844. The first-order chi connectivity index (χ1) is 28.0. The van der Waals surface area contributed by atoms with Gasteiger partial charge in [-0.25, -0.2) is 0 Å². The first kappa shape index (κ1) is 55.4. The van der Waals surface area contributed by atoms with Crippen LogP contribution in [-0.4, -0.2) is 37.2 Å². The summed E-state index contributed by atoms with van der Waals surface area (Å²) in [6, 6.07) is 0. The van der Waals surface area contributed by atoms with E-state index in [0.29, 0.717) is 19.3 Å². The molecular weight excluding hydrogens is 709 g/mol. The summed E-state index contributed by atoms with van der Waals surface area (Å²) in [6.07, 6.45) is 49.5. The molecule has 1 atom stereocenters. The third-order valence-corrected chi connectivity index (χ3v) is 11.6. The van der Waals surface area contributed by atoms with E-state index in [4.69, 9.17) is 14.2 Å². The molecule has 0 aliphatic heterocycles. The second kappa shape index (κ2) is 47.1. The van der Waals surface area contributed by atoms with E-state index < -0.39 is 6.10 Å². The van der Waals surface area contributed by atoms with Gasteiger partial charge in [-0.2, -0.15) is 0 Å². The summed E-state index contributed by atoms with van der Waals surface area (Å²) < 4.78 is 16.7. The second-order valence-corrected chi connectivity index (χ2v) is 17.5. The highest BCUT2D eigenvalue weighted by atomic mass is 16.6. The standard InChI is InChI=1S/C51H98O6/c1-4-7-10-13-16-19-21-22-23-24-25-26-27-28-30-32-35-38-41-44-50(53)56-47-48(46-55-49(52)43-40-37-34-31-18-15-12-9-6-3)57-51(54)45-42-39-36-33-29-20-17-14-11-8-5-2/h48H,4-47H2,1-3H3. The fraction of sp³-hybridized carbons (Fsp3) is 0.941. The lowest BCUT2D eigenvalue weighted by Crippen LogP contribution is -2.30. The van der Waals surface area contributed by atoms with E-state index in [1.165, 1.54) is 193 Å². The Balaban J connectivity index is 4.19. The summed E-state index contributed by atoms with van der Waals surface area (Å²) in [6.45, 7) is 6.65. The lowest BCUT2D eigenvalue weighted by Gasteiger charge is -2.18. The van der Waals surface area contributed by atoms with Crippen molar-refractivity contribution in [2.45, 2.75) is 297 Å². The molecule has 6 heteroatoms. The van der Waals surface area contributed by atoms with E-state index in [1.807, 2.05) is 0 Å². The minimum absolute atomic E-state index is 0.0622. The lowest BCUT2D eigenvalue weighted by molar-refractivity contribution is -0.167. The van der Waals surface area contributed by atoms with Gasteiger partial charge in [0.05, 0.1) is 0 Å². The summed E-state index contributed by atoms with van der Waals surface area (Å²) in [5, 5.41) is 0. The van der Waals surface area contributed by atoms with E-state index in [1.54, 1.807) is 0 Å². The second-order valence-electron chi connectivity index (χ2n) is 17.5. The van der Waals surface area contributed by atoms with Crippen molar-refractivity contribution in [2.24, 2.45) is 0 Å². The molecule has 0 saturated heterocycles. The Morgan fingerprint density at radius 2 is 0.474 bits per heavy atom. The van der Waals surface area contributed by atoms with Crippen molar-refractivity contribution in [3.63, 3.8) is 0 Å². The van der Waals surface area contributed by atoms with Crippen LogP contribution in [0.5, 0.6) is 0 Å². The molecule has 0 aromatic carbocycles. The molecule has 0 rings (SSSR count). The molecule has 0 saturated carbocycles. The number of rotatable bonds is 47. The van der Waals surface area contributed by atoms with Crippen LogP contribution in [0, 0.1) is 0 Å². The molecule has 0 bridgehead atoms. The number of carbonyl (C=O) groups excluding carboxylic acids is 3. The molecule has 338 valence electrons. The van der Waals surface area contributed by atoms with Crippen LogP contribution < -0.4 is 0 Å². The first-order valence-corrected chi connectivity index (χ1v) is 25.5. The first-order valence-electron chi connectivity index (χ1n) is 25.5. The van der Waals surface area contributed by atoms with Gasteiger partial charge in [-0.15, -0.1) is 0 Å². The molecular formula is C51H98O6. The topological polar surface area (TPSA) is 78.9 Å². The Morgan fingerprint density at radius 3 is 0.702 bits per heavy atom. The molecule has 0 amide bonds. The minimum atomic E-state index is -0.758. The van der Waals surface area contributed by atoms with Crippen molar-refractivity contribution in [2.75, 3.05) is 13.2 Å². The minimum Gasteiger partial charge on any atom is -0.462 e. The van der Waals surface area contributed by atoms with Gasteiger partial charge in [0.15, 0.2) is 6.10 Å². The van der Waals surface area contributed by atoms with Gasteiger partial charge in [-0.05, 0) is 19.3 Å². The van der Waals surface area contributed by atoms with Crippen LogP contribution in [0.2, 0.25) is 0 Å². The van der Waals surface area contributed by atoms with E-state index in [0.717, 1.165) is 57.8 Å². The number of hydrogen-bond donors (Lipinski definition) is 0. The number of unbranched alkanes of at least 4 members (excludes halogenated alkanes) is 36. The Labute approximate surface area is 355 Å². The smallest absolute Gasteiger partial charge is 0.306 e. The number of hydrogen-bond acceptors (Lipinski definition) is 6. The molecule has 0 aromatic heterocycles. The molecule has 0 fully saturated rings. The van der Waals surface area contributed by atoms with Crippen molar-refractivity contribution < 1.29 is 28.6 Å². The number of esters is 3. The van der Waals surface area contributed by atoms with Crippen molar-refractivity contribution in [3.05, 3.63) is 0 Å². The van der Waals surface area contributed by atoms with Crippen LogP contribution in [0.3, 0.4) is 0 Å². The van der Waals surface area contributed by atoms with E-state index in [2.05, 4.69) is 20.8 Å². The van der Waals surface area contributed by atoms with Crippen LogP contribution in [0.15, 0.2) is 0 Å². The summed E-state index contributed by atoms with van der Waals surface area (Å²) in [5.41, 5.74) is 0. The summed E-state index contributed by atoms with van der Waals surface area (Å²) >= 11 is 0. The number of carbonyl (C=O) groups is 3. The van der Waals surface area contributed by atoms with Gasteiger partial charge in [0.1, 0.15) is 13.2 Å². The zero-order valence-corrected chi connectivity index (χ0v) is 38.6. The SMILES string of the molecule is CCCCCCCCCCCCCCCCCCCCCC(=O)OCC(COC(=O)CCCCCCCCCCC)OC(=O)CCCCCCCCCCCCC. The highest BCUT2D eigenvalue weighted by molar-refractivity contribution is 5.71. The molecule has 0 spiro atoms. The van der Waals surface area contributed by atoms with Gasteiger partial charge < -0.3 is 14.2 Å². The van der Waals surface area contributed by atoms with Gasteiger partial charge in [-0.1, -0.05) is 252 Å². The molecule has 0 aliphatic rings. The third kappa shape index (κ3) is 45.3. The predicted molar refractivity (Wildman–Crippen MR) is 243 cm³/mol. The zero-order chi connectivity index (χ0) is 41.5. The predicted octanol–water partition coefficient (Wildman–Crippen LogP) is 16.4.